The molecule has 2 aliphatic carbocycles. The molecule has 0 amide bonds. The van der Waals surface area contributed by atoms with Crippen LogP contribution >= 0.6 is 0 Å². The minimum atomic E-state index is -0.512. The summed E-state index contributed by atoms with van der Waals surface area (Å²) in [7, 11) is 0. The molecule has 122 valence electrons. The van der Waals surface area contributed by atoms with Crippen molar-refractivity contribution in [1.29, 1.82) is 0 Å². The first-order valence-corrected chi connectivity index (χ1v) is 8.65. The molecule has 22 heavy (non-hydrogen) atoms. The lowest BCUT2D eigenvalue weighted by molar-refractivity contribution is -0.127. The molecule has 2 heteroatoms. The van der Waals surface area contributed by atoms with Crippen LogP contribution in [0.5, 0.6) is 0 Å². The van der Waals surface area contributed by atoms with Gasteiger partial charge in [0.05, 0.1) is 5.41 Å². The van der Waals surface area contributed by atoms with Gasteiger partial charge in [0, 0.05) is 5.57 Å². The number of allylic oxidation sites excluding steroid dienone is 4. The first kappa shape index (κ1) is 17.2. The molecule has 0 aliphatic heterocycles. The Bertz CT molecular complexity index is 510. The number of hydrogen-bond acceptors (Lipinski definition) is 2. The van der Waals surface area contributed by atoms with Gasteiger partial charge in [0.2, 0.25) is 0 Å². The summed E-state index contributed by atoms with van der Waals surface area (Å²) in [5, 5.41) is 0. The molecular weight excluding hydrogens is 272 g/mol. The number of carbonyl (C=O) groups excluding carboxylic acids is 2. The summed E-state index contributed by atoms with van der Waals surface area (Å²) in [6, 6.07) is 0. The summed E-state index contributed by atoms with van der Waals surface area (Å²) < 4.78 is 0. The summed E-state index contributed by atoms with van der Waals surface area (Å²) in [4.78, 5) is 23.8. The fourth-order valence-electron chi connectivity index (χ4n) is 4.98. The Morgan fingerprint density at radius 3 is 2.59 bits per heavy atom. The largest absolute Gasteiger partial charge is 0.302 e. The third-order valence-corrected chi connectivity index (χ3v) is 6.17. The SMILES string of the molecule is CC(C)=CCC[C@]1(C)CCC[C@@]2(C=O)C(C=O)=C(C)CC[C@@H]12. The molecule has 1 fully saturated rings. The quantitative estimate of drug-likeness (QED) is 0.527. The molecular formula is C20H30O2. The van der Waals surface area contributed by atoms with Gasteiger partial charge in [0.15, 0.2) is 0 Å². The van der Waals surface area contributed by atoms with Gasteiger partial charge in [-0.25, -0.2) is 0 Å². The van der Waals surface area contributed by atoms with Crippen LogP contribution in [0.3, 0.4) is 0 Å². The third kappa shape index (κ3) is 2.85. The van der Waals surface area contributed by atoms with Crippen molar-refractivity contribution < 1.29 is 9.59 Å². The smallest absolute Gasteiger partial charge is 0.146 e. The van der Waals surface area contributed by atoms with Crippen molar-refractivity contribution >= 4 is 12.6 Å². The van der Waals surface area contributed by atoms with Crippen molar-refractivity contribution in [2.24, 2.45) is 16.7 Å². The zero-order chi connectivity index (χ0) is 16.4. The predicted molar refractivity (Wildman–Crippen MR) is 90.6 cm³/mol. The molecule has 0 aromatic heterocycles. The third-order valence-electron chi connectivity index (χ3n) is 6.17. The van der Waals surface area contributed by atoms with Gasteiger partial charge < -0.3 is 4.79 Å². The Hall–Kier alpha value is -1.18. The molecule has 3 atom stereocenters. The molecule has 0 spiro atoms. The molecule has 0 aromatic rings. The lowest BCUT2D eigenvalue weighted by Gasteiger charge is -2.54. The summed E-state index contributed by atoms with van der Waals surface area (Å²) in [6.45, 7) is 8.64. The van der Waals surface area contributed by atoms with E-state index in [4.69, 9.17) is 0 Å². The summed E-state index contributed by atoms with van der Waals surface area (Å²) >= 11 is 0. The van der Waals surface area contributed by atoms with Crippen molar-refractivity contribution in [3.05, 3.63) is 22.8 Å². The molecule has 0 unspecified atom stereocenters. The van der Waals surface area contributed by atoms with E-state index in [1.807, 2.05) is 6.92 Å². The number of fused-ring (bicyclic) bond motifs is 1. The highest BCUT2D eigenvalue weighted by atomic mass is 16.1. The number of rotatable bonds is 5. The maximum Gasteiger partial charge on any atom is 0.146 e. The monoisotopic (exact) mass is 302 g/mol. The van der Waals surface area contributed by atoms with Gasteiger partial charge in [0.25, 0.3) is 0 Å². The predicted octanol–water partition coefficient (Wildman–Crippen LogP) is 5.03. The van der Waals surface area contributed by atoms with Crippen LogP contribution < -0.4 is 0 Å². The Balaban J connectivity index is 2.36. The van der Waals surface area contributed by atoms with Gasteiger partial charge >= 0.3 is 0 Å². The van der Waals surface area contributed by atoms with E-state index in [9.17, 15) is 9.59 Å². The van der Waals surface area contributed by atoms with Crippen molar-refractivity contribution in [1.82, 2.24) is 0 Å². The van der Waals surface area contributed by atoms with Crippen molar-refractivity contribution in [3.63, 3.8) is 0 Å². The highest BCUT2D eigenvalue weighted by molar-refractivity contribution is 5.86. The Morgan fingerprint density at radius 2 is 2.00 bits per heavy atom. The Kier molecular flexibility index (Phi) is 5.09. The van der Waals surface area contributed by atoms with E-state index in [0.29, 0.717) is 5.92 Å². The fourth-order valence-corrected chi connectivity index (χ4v) is 4.98. The molecule has 2 aliphatic rings. The van der Waals surface area contributed by atoms with Gasteiger partial charge in [-0.3, -0.25) is 4.79 Å². The first-order valence-electron chi connectivity index (χ1n) is 8.65. The van der Waals surface area contributed by atoms with Gasteiger partial charge in [-0.15, -0.1) is 0 Å². The van der Waals surface area contributed by atoms with Crippen LogP contribution in [0.15, 0.2) is 22.8 Å². The highest BCUT2D eigenvalue weighted by Crippen LogP contribution is 2.59. The maximum atomic E-state index is 12.1. The second kappa shape index (κ2) is 6.52. The van der Waals surface area contributed by atoms with Gasteiger partial charge in [0.1, 0.15) is 12.6 Å². The van der Waals surface area contributed by atoms with E-state index in [-0.39, 0.29) is 5.41 Å². The molecule has 0 saturated heterocycles. The zero-order valence-corrected chi connectivity index (χ0v) is 14.6. The van der Waals surface area contributed by atoms with E-state index in [0.717, 1.165) is 62.2 Å². The van der Waals surface area contributed by atoms with Crippen LogP contribution in [0.25, 0.3) is 0 Å². The van der Waals surface area contributed by atoms with Crippen molar-refractivity contribution in [2.75, 3.05) is 0 Å². The molecule has 0 aromatic carbocycles. The average Bonchev–Trinajstić information content (AvgIpc) is 2.46. The summed E-state index contributed by atoms with van der Waals surface area (Å²) in [5.41, 5.74) is 2.94. The van der Waals surface area contributed by atoms with Crippen LogP contribution in [0.1, 0.15) is 72.6 Å². The van der Waals surface area contributed by atoms with E-state index in [1.54, 1.807) is 0 Å². The molecule has 0 heterocycles. The fraction of sp³-hybridized carbons (Fsp3) is 0.700. The summed E-state index contributed by atoms with van der Waals surface area (Å²) in [5.74, 6) is 0.320. The molecule has 0 radical (unpaired) electrons. The van der Waals surface area contributed by atoms with Crippen molar-refractivity contribution in [2.45, 2.75) is 72.6 Å². The minimum absolute atomic E-state index is 0.167. The molecule has 1 saturated carbocycles. The molecule has 0 N–H and O–H groups in total. The number of carbonyl (C=O) groups is 2. The number of aldehydes is 2. The minimum Gasteiger partial charge on any atom is -0.302 e. The lowest BCUT2D eigenvalue weighted by atomic mass is 9.49. The van der Waals surface area contributed by atoms with Crippen LogP contribution in [0.2, 0.25) is 0 Å². The first-order chi connectivity index (χ1) is 10.4. The van der Waals surface area contributed by atoms with Gasteiger partial charge in [-0.05, 0) is 70.6 Å². The van der Waals surface area contributed by atoms with Crippen LogP contribution in [-0.2, 0) is 9.59 Å². The second-order valence-electron chi connectivity index (χ2n) is 7.89. The van der Waals surface area contributed by atoms with Crippen molar-refractivity contribution in [3.8, 4) is 0 Å². The molecule has 2 rings (SSSR count). The van der Waals surface area contributed by atoms with E-state index in [2.05, 4.69) is 26.8 Å². The molecule has 0 bridgehead atoms. The Labute approximate surface area is 135 Å². The maximum absolute atomic E-state index is 12.1. The lowest BCUT2D eigenvalue weighted by Crippen LogP contribution is -2.49. The van der Waals surface area contributed by atoms with Crippen LogP contribution in [0, 0.1) is 16.7 Å². The standard InChI is InChI=1S/C20H30O2/c1-15(2)7-5-10-19(4)11-6-12-20(14-22)17(13-21)16(3)8-9-18(19)20/h7,13-14,18H,5-6,8-12H2,1-4H3/t18-,19+,20+/m0/s1. The van der Waals surface area contributed by atoms with Crippen LogP contribution in [0.4, 0.5) is 0 Å². The highest BCUT2D eigenvalue weighted by Gasteiger charge is 2.54. The Morgan fingerprint density at radius 1 is 1.27 bits per heavy atom. The topological polar surface area (TPSA) is 34.1 Å². The molecule has 2 nitrogen and oxygen atoms in total. The normalized spacial score (nSPS) is 34.8. The van der Waals surface area contributed by atoms with Crippen LogP contribution in [-0.4, -0.2) is 12.6 Å². The van der Waals surface area contributed by atoms with E-state index >= 15 is 0 Å². The zero-order valence-electron chi connectivity index (χ0n) is 14.6. The summed E-state index contributed by atoms with van der Waals surface area (Å²) in [6.07, 6.45) is 11.7. The van der Waals surface area contributed by atoms with Gasteiger partial charge in [-0.2, -0.15) is 0 Å². The van der Waals surface area contributed by atoms with E-state index in [1.165, 1.54) is 12.0 Å². The second-order valence-corrected chi connectivity index (χ2v) is 7.89. The van der Waals surface area contributed by atoms with E-state index < -0.39 is 5.41 Å². The average molecular weight is 302 g/mol. The number of hydrogen-bond donors (Lipinski definition) is 0. The van der Waals surface area contributed by atoms with Gasteiger partial charge in [-0.1, -0.05) is 30.6 Å².